The summed E-state index contributed by atoms with van der Waals surface area (Å²) in [5, 5.41) is 0. The first kappa shape index (κ1) is 22.0. The number of nitrogens with zero attached hydrogens (tertiary/aromatic N) is 2. The molecular weight excluding hydrogens is 392 g/mol. The highest BCUT2D eigenvalue weighted by Crippen LogP contribution is 2.28. The van der Waals surface area contributed by atoms with Crippen LogP contribution in [0, 0.1) is 6.92 Å². The van der Waals surface area contributed by atoms with Gasteiger partial charge >= 0.3 is 5.97 Å². The Hall–Kier alpha value is -3.67. The van der Waals surface area contributed by atoms with Gasteiger partial charge < -0.3 is 14.1 Å². The van der Waals surface area contributed by atoms with E-state index in [-0.39, 0.29) is 18.1 Å². The van der Waals surface area contributed by atoms with Gasteiger partial charge in [-0.15, -0.1) is 0 Å². The van der Waals surface area contributed by atoms with E-state index in [4.69, 9.17) is 9.15 Å². The second-order valence-electron chi connectivity index (χ2n) is 7.38. The van der Waals surface area contributed by atoms with E-state index in [9.17, 15) is 9.59 Å². The fraction of sp³-hybridized carbons (Fsp3) is 0.240. The standard InChI is InChI=1S/C25H26N2O4/c1-5-27(15-17(2)3)23(28)16-30-25(29)21-9-7-6-8-20(21)24-26-14-22(31-24)19-12-10-18(4)11-13-19/h6-14H,2,5,15-16H2,1,3-4H3. The van der Waals surface area contributed by atoms with Crippen molar-refractivity contribution in [3.05, 3.63) is 78.0 Å². The zero-order valence-corrected chi connectivity index (χ0v) is 18.1. The predicted molar refractivity (Wildman–Crippen MR) is 119 cm³/mol. The fourth-order valence-electron chi connectivity index (χ4n) is 3.10. The van der Waals surface area contributed by atoms with E-state index in [0.717, 1.165) is 16.7 Å². The Morgan fingerprint density at radius 1 is 1.13 bits per heavy atom. The van der Waals surface area contributed by atoms with Crippen LogP contribution in [0.4, 0.5) is 0 Å². The van der Waals surface area contributed by atoms with Crippen molar-refractivity contribution in [2.24, 2.45) is 0 Å². The first-order valence-corrected chi connectivity index (χ1v) is 10.1. The Morgan fingerprint density at radius 3 is 2.52 bits per heavy atom. The molecule has 0 spiro atoms. The van der Waals surface area contributed by atoms with Crippen molar-refractivity contribution in [3.8, 4) is 22.8 Å². The quantitative estimate of drug-likeness (QED) is 0.384. The van der Waals surface area contributed by atoms with E-state index < -0.39 is 5.97 Å². The average Bonchev–Trinajstić information content (AvgIpc) is 3.26. The molecule has 0 bridgehead atoms. The fourth-order valence-corrected chi connectivity index (χ4v) is 3.10. The molecule has 3 rings (SSSR count). The Labute approximate surface area is 182 Å². The van der Waals surface area contributed by atoms with Crippen LogP contribution < -0.4 is 0 Å². The van der Waals surface area contributed by atoms with Crippen LogP contribution in [0.3, 0.4) is 0 Å². The molecule has 0 aliphatic heterocycles. The van der Waals surface area contributed by atoms with Gasteiger partial charge in [0.2, 0.25) is 5.89 Å². The number of hydrogen-bond acceptors (Lipinski definition) is 5. The molecule has 0 fully saturated rings. The minimum Gasteiger partial charge on any atom is -0.452 e. The highest BCUT2D eigenvalue weighted by molar-refractivity contribution is 5.97. The van der Waals surface area contributed by atoms with E-state index in [0.29, 0.717) is 30.3 Å². The van der Waals surface area contributed by atoms with Crippen LogP contribution >= 0.6 is 0 Å². The molecule has 0 saturated heterocycles. The van der Waals surface area contributed by atoms with Crippen molar-refractivity contribution in [2.45, 2.75) is 20.8 Å². The molecule has 6 nitrogen and oxygen atoms in total. The monoisotopic (exact) mass is 418 g/mol. The number of carbonyl (C=O) groups excluding carboxylic acids is 2. The highest BCUT2D eigenvalue weighted by Gasteiger charge is 2.20. The van der Waals surface area contributed by atoms with E-state index in [1.807, 2.05) is 45.0 Å². The number of amides is 1. The maximum Gasteiger partial charge on any atom is 0.339 e. The first-order valence-electron chi connectivity index (χ1n) is 10.1. The number of esters is 1. The number of rotatable bonds is 8. The zero-order chi connectivity index (χ0) is 22.4. The van der Waals surface area contributed by atoms with Crippen molar-refractivity contribution in [1.82, 2.24) is 9.88 Å². The second-order valence-corrected chi connectivity index (χ2v) is 7.38. The van der Waals surface area contributed by atoms with E-state index in [2.05, 4.69) is 11.6 Å². The van der Waals surface area contributed by atoms with E-state index in [1.54, 1.807) is 35.4 Å². The van der Waals surface area contributed by atoms with Crippen LogP contribution in [0.1, 0.15) is 29.8 Å². The van der Waals surface area contributed by atoms with E-state index in [1.165, 1.54) is 0 Å². The molecule has 6 heteroatoms. The SMILES string of the molecule is C=C(C)CN(CC)C(=O)COC(=O)c1ccccc1-c1ncc(-c2ccc(C)cc2)o1. The number of ether oxygens (including phenoxy) is 1. The molecule has 0 aliphatic rings. The van der Waals surface area contributed by atoms with Gasteiger partial charge in [0.05, 0.1) is 17.3 Å². The molecule has 160 valence electrons. The lowest BCUT2D eigenvalue weighted by molar-refractivity contribution is -0.133. The Balaban J connectivity index is 1.76. The van der Waals surface area contributed by atoms with Crippen molar-refractivity contribution < 1.29 is 18.7 Å². The maximum atomic E-state index is 12.7. The van der Waals surface area contributed by atoms with Gasteiger partial charge in [0.1, 0.15) is 0 Å². The Kier molecular flexibility index (Phi) is 7.03. The van der Waals surface area contributed by atoms with E-state index >= 15 is 0 Å². The third-order valence-electron chi connectivity index (χ3n) is 4.74. The summed E-state index contributed by atoms with van der Waals surface area (Å²) in [6.45, 7) is 10.2. The lowest BCUT2D eigenvalue weighted by Gasteiger charge is -2.20. The summed E-state index contributed by atoms with van der Waals surface area (Å²) in [5.41, 5.74) is 3.70. The summed E-state index contributed by atoms with van der Waals surface area (Å²) in [7, 11) is 0. The van der Waals surface area contributed by atoms with Gasteiger partial charge in [-0.05, 0) is 32.9 Å². The smallest absolute Gasteiger partial charge is 0.339 e. The minimum atomic E-state index is -0.606. The van der Waals surface area contributed by atoms with Crippen LogP contribution in [-0.2, 0) is 9.53 Å². The number of aryl methyl sites for hydroxylation is 1. The highest BCUT2D eigenvalue weighted by atomic mass is 16.5. The van der Waals surface area contributed by atoms with Crippen LogP contribution in [0.15, 0.2) is 71.3 Å². The molecule has 1 aromatic heterocycles. The van der Waals surface area contributed by atoms with Crippen molar-refractivity contribution in [1.29, 1.82) is 0 Å². The summed E-state index contributed by atoms with van der Waals surface area (Å²) >= 11 is 0. The third-order valence-corrected chi connectivity index (χ3v) is 4.74. The molecule has 0 saturated carbocycles. The molecule has 1 heterocycles. The van der Waals surface area contributed by atoms with Crippen molar-refractivity contribution >= 4 is 11.9 Å². The topological polar surface area (TPSA) is 72.6 Å². The number of hydrogen-bond donors (Lipinski definition) is 0. The summed E-state index contributed by atoms with van der Waals surface area (Å²) in [6, 6.07) is 14.8. The molecule has 0 N–H and O–H groups in total. The molecule has 1 amide bonds. The molecule has 0 atom stereocenters. The van der Waals surface area contributed by atoms with Gasteiger partial charge in [0.25, 0.3) is 5.91 Å². The van der Waals surface area contributed by atoms with Gasteiger partial charge in [-0.1, -0.05) is 54.1 Å². The molecular formula is C25H26N2O4. The molecule has 0 unspecified atom stereocenters. The normalized spacial score (nSPS) is 10.5. The molecule has 0 aliphatic carbocycles. The van der Waals surface area contributed by atoms with Crippen molar-refractivity contribution in [3.63, 3.8) is 0 Å². The maximum absolute atomic E-state index is 12.7. The number of oxazole rings is 1. The second kappa shape index (κ2) is 9.89. The van der Waals surface area contributed by atoms with Crippen LogP contribution in [0.2, 0.25) is 0 Å². The number of carbonyl (C=O) groups is 2. The largest absolute Gasteiger partial charge is 0.452 e. The molecule has 3 aromatic rings. The summed E-state index contributed by atoms with van der Waals surface area (Å²) in [5.74, 6) is 0.0400. The van der Waals surface area contributed by atoms with Crippen LogP contribution in [0.5, 0.6) is 0 Å². The molecule has 2 aromatic carbocycles. The predicted octanol–water partition coefficient (Wildman–Crippen LogP) is 4.90. The Bertz CT molecular complexity index is 1080. The van der Waals surface area contributed by atoms with Gasteiger partial charge in [-0.2, -0.15) is 0 Å². The minimum absolute atomic E-state index is 0.269. The lowest BCUT2D eigenvalue weighted by atomic mass is 10.1. The molecule has 31 heavy (non-hydrogen) atoms. The lowest BCUT2D eigenvalue weighted by Crippen LogP contribution is -2.35. The van der Waals surface area contributed by atoms with Gasteiger partial charge in [0.15, 0.2) is 12.4 Å². The average molecular weight is 418 g/mol. The summed E-state index contributed by atoms with van der Waals surface area (Å²) in [4.78, 5) is 31.0. The number of benzene rings is 2. The molecule has 0 radical (unpaired) electrons. The van der Waals surface area contributed by atoms with Gasteiger partial charge in [-0.3, -0.25) is 4.79 Å². The van der Waals surface area contributed by atoms with Crippen LogP contribution in [0.25, 0.3) is 22.8 Å². The van der Waals surface area contributed by atoms with Crippen LogP contribution in [-0.4, -0.2) is 41.5 Å². The summed E-state index contributed by atoms with van der Waals surface area (Å²) in [6.07, 6.45) is 1.63. The van der Waals surface area contributed by atoms with Crippen molar-refractivity contribution in [2.75, 3.05) is 19.7 Å². The van der Waals surface area contributed by atoms with Gasteiger partial charge in [0, 0.05) is 18.7 Å². The Morgan fingerprint density at radius 2 is 1.84 bits per heavy atom. The summed E-state index contributed by atoms with van der Waals surface area (Å²) < 4.78 is 11.2. The zero-order valence-electron chi connectivity index (χ0n) is 18.1. The third kappa shape index (κ3) is 5.48. The first-order chi connectivity index (χ1) is 14.9. The number of aromatic nitrogens is 1. The van der Waals surface area contributed by atoms with Gasteiger partial charge in [-0.25, -0.2) is 9.78 Å². The number of likely N-dealkylation sites (N-methyl/N-ethyl adjacent to an activating group) is 1.